The summed E-state index contributed by atoms with van der Waals surface area (Å²) in [5, 5.41) is 10.4. The van der Waals surface area contributed by atoms with Crippen molar-refractivity contribution in [2.75, 3.05) is 69.6 Å². The molecule has 204 valence electrons. The Bertz CT molecular complexity index is 1240. The Morgan fingerprint density at radius 3 is 2.39 bits per heavy atom. The number of esters is 1. The molecule has 3 heterocycles. The fraction of sp³-hybridized carbons (Fsp3) is 0.440. The van der Waals surface area contributed by atoms with Crippen LogP contribution in [0, 0.1) is 6.92 Å². The molecule has 0 atom stereocenters. The Labute approximate surface area is 225 Å². The zero-order chi connectivity index (χ0) is 27.1. The van der Waals surface area contributed by atoms with Gasteiger partial charge in [-0.2, -0.15) is 9.97 Å². The number of aromatic nitrogens is 3. The average molecular weight is 544 g/mol. The molecule has 1 aliphatic rings. The van der Waals surface area contributed by atoms with Gasteiger partial charge in [-0.3, -0.25) is 5.32 Å². The second-order valence-corrected chi connectivity index (χ2v) is 9.34. The lowest BCUT2D eigenvalue weighted by molar-refractivity contribution is 0.0531. The van der Waals surface area contributed by atoms with Gasteiger partial charge in [0, 0.05) is 38.8 Å². The number of ether oxygens (including phenoxy) is 4. The summed E-state index contributed by atoms with van der Waals surface area (Å²) in [7, 11) is 4.75. The molecular weight excluding hydrogens is 510 g/mol. The van der Waals surface area contributed by atoms with E-state index >= 15 is 0 Å². The standard InChI is InChI=1S/C25H33N7O5S/c1-6-37-23(33)22-15(2)28-25(38-22)31-24-29-19(13-20(30-24)32-9-7-26-8-10-32)27-14-16-11-17(34-3)21(36-5)18(12-16)35-4/h11-13,26H,6-10,14H2,1-5H3,(H2,27,28,29,30,31). The molecule has 13 heteroatoms. The van der Waals surface area contributed by atoms with Crippen LogP contribution in [0.5, 0.6) is 17.2 Å². The van der Waals surface area contributed by atoms with Crippen LogP contribution >= 0.6 is 11.3 Å². The van der Waals surface area contributed by atoms with E-state index in [0.29, 0.717) is 57.9 Å². The van der Waals surface area contributed by atoms with Crippen LogP contribution in [-0.2, 0) is 11.3 Å². The molecule has 1 aliphatic heterocycles. The van der Waals surface area contributed by atoms with Crippen LogP contribution in [-0.4, -0.2) is 75.0 Å². The van der Waals surface area contributed by atoms with Crippen molar-refractivity contribution in [2.45, 2.75) is 20.4 Å². The molecule has 0 bridgehead atoms. The van der Waals surface area contributed by atoms with Crippen LogP contribution in [0.1, 0.15) is 27.9 Å². The predicted molar refractivity (Wildman–Crippen MR) is 147 cm³/mol. The summed E-state index contributed by atoms with van der Waals surface area (Å²) in [5.41, 5.74) is 1.51. The number of thiazole rings is 1. The smallest absolute Gasteiger partial charge is 0.350 e. The number of anilines is 4. The van der Waals surface area contributed by atoms with E-state index in [9.17, 15) is 4.79 Å². The van der Waals surface area contributed by atoms with Crippen LogP contribution in [0.15, 0.2) is 18.2 Å². The van der Waals surface area contributed by atoms with Crippen molar-refractivity contribution in [3.05, 3.63) is 34.3 Å². The largest absolute Gasteiger partial charge is 0.493 e. The molecule has 38 heavy (non-hydrogen) atoms. The number of hydrogen-bond acceptors (Lipinski definition) is 13. The second-order valence-electron chi connectivity index (χ2n) is 8.34. The normalized spacial score (nSPS) is 13.1. The molecule has 3 N–H and O–H groups in total. The van der Waals surface area contributed by atoms with Gasteiger partial charge < -0.3 is 34.5 Å². The summed E-state index contributed by atoms with van der Waals surface area (Å²) in [4.78, 5) is 28.8. The van der Waals surface area contributed by atoms with Crippen molar-refractivity contribution in [3.63, 3.8) is 0 Å². The zero-order valence-electron chi connectivity index (χ0n) is 22.2. The number of carbonyl (C=O) groups excluding carboxylic acids is 1. The molecule has 0 unspecified atom stereocenters. The van der Waals surface area contributed by atoms with E-state index in [1.807, 2.05) is 18.2 Å². The van der Waals surface area contributed by atoms with E-state index in [2.05, 4.69) is 30.8 Å². The summed E-state index contributed by atoms with van der Waals surface area (Å²) >= 11 is 1.21. The van der Waals surface area contributed by atoms with Gasteiger partial charge in [0.1, 0.15) is 16.5 Å². The summed E-state index contributed by atoms with van der Waals surface area (Å²) in [6.45, 7) is 7.70. The molecular formula is C25H33N7O5S. The Morgan fingerprint density at radius 2 is 1.76 bits per heavy atom. The minimum atomic E-state index is -0.390. The quantitative estimate of drug-likeness (QED) is 0.307. The average Bonchev–Trinajstić information content (AvgIpc) is 3.31. The number of nitrogens with one attached hydrogen (secondary N) is 3. The number of methoxy groups -OCH3 is 3. The van der Waals surface area contributed by atoms with Gasteiger partial charge in [-0.25, -0.2) is 9.78 Å². The van der Waals surface area contributed by atoms with Gasteiger partial charge in [-0.05, 0) is 31.5 Å². The second kappa shape index (κ2) is 12.6. The number of aryl methyl sites for hydroxylation is 1. The number of hydrogen-bond donors (Lipinski definition) is 3. The van der Waals surface area contributed by atoms with Crippen LogP contribution < -0.4 is 35.1 Å². The Kier molecular flexibility index (Phi) is 9.02. The number of nitrogens with zero attached hydrogens (tertiary/aromatic N) is 4. The highest BCUT2D eigenvalue weighted by atomic mass is 32.1. The maximum absolute atomic E-state index is 12.2. The van der Waals surface area contributed by atoms with Gasteiger partial charge in [0.25, 0.3) is 0 Å². The molecule has 12 nitrogen and oxygen atoms in total. The first kappa shape index (κ1) is 27.2. The molecule has 0 saturated carbocycles. The molecule has 0 spiro atoms. The minimum Gasteiger partial charge on any atom is -0.493 e. The van der Waals surface area contributed by atoms with E-state index < -0.39 is 5.97 Å². The third kappa shape index (κ3) is 6.34. The fourth-order valence-electron chi connectivity index (χ4n) is 4.00. The monoisotopic (exact) mass is 543 g/mol. The third-order valence-corrected chi connectivity index (χ3v) is 6.88. The van der Waals surface area contributed by atoms with Crippen molar-refractivity contribution in [3.8, 4) is 17.2 Å². The molecule has 3 aromatic rings. The number of piperazine rings is 1. The van der Waals surface area contributed by atoms with Crippen LogP contribution in [0.4, 0.5) is 22.7 Å². The van der Waals surface area contributed by atoms with E-state index in [-0.39, 0.29) is 0 Å². The van der Waals surface area contributed by atoms with Gasteiger partial charge >= 0.3 is 5.97 Å². The SMILES string of the molecule is CCOC(=O)c1sc(Nc2nc(NCc3cc(OC)c(OC)c(OC)c3)cc(N3CCNCC3)n2)nc1C. The van der Waals surface area contributed by atoms with E-state index in [0.717, 1.165) is 37.6 Å². The molecule has 4 rings (SSSR count). The third-order valence-electron chi connectivity index (χ3n) is 5.83. The fourth-order valence-corrected chi connectivity index (χ4v) is 4.85. The van der Waals surface area contributed by atoms with Crippen molar-refractivity contribution in [1.82, 2.24) is 20.3 Å². The van der Waals surface area contributed by atoms with E-state index in [1.165, 1.54) is 11.3 Å². The number of benzene rings is 1. The van der Waals surface area contributed by atoms with Crippen molar-refractivity contribution in [2.24, 2.45) is 0 Å². The van der Waals surface area contributed by atoms with Crippen LogP contribution in [0.25, 0.3) is 0 Å². The molecule has 2 aromatic heterocycles. The molecule has 1 fully saturated rings. The summed E-state index contributed by atoms with van der Waals surface area (Å²) in [6, 6.07) is 5.70. The highest BCUT2D eigenvalue weighted by Crippen LogP contribution is 2.38. The molecule has 0 aliphatic carbocycles. The lowest BCUT2D eigenvalue weighted by atomic mass is 10.1. The first-order valence-electron chi connectivity index (χ1n) is 12.2. The zero-order valence-corrected chi connectivity index (χ0v) is 23.0. The van der Waals surface area contributed by atoms with Gasteiger partial charge in [0.2, 0.25) is 11.7 Å². The lowest BCUT2D eigenvalue weighted by Crippen LogP contribution is -2.44. The molecule has 0 amide bonds. The molecule has 1 aromatic carbocycles. The maximum Gasteiger partial charge on any atom is 0.350 e. The topological polar surface area (TPSA) is 132 Å². The predicted octanol–water partition coefficient (Wildman–Crippen LogP) is 3.21. The van der Waals surface area contributed by atoms with Crippen LogP contribution in [0.2, 0.25) is 0 Å². The van der Waals surface area contributed by atoms with Gasteiger partial charge in [0.05, 0.1) is 33.6 Å². The summed E-state index contributed by atoms with van der Waals surface area (Å²) < 4.78 is 21.5. The number of carbonyl (C=O) groups is 1. The lowest BCUT2D eigenvalue weighted by Gasteiger charge is -2.28. The van der Waals surface area contributed by atoms with Gasteiger partial charge in [0.15, 0.2) is 16.6 Å². The maximum atomic E-state index is 12.2. The Balaban J connectivity index is 1.60. The number of rotatable bonds is 11. The first-order valence-corrected chi connectivity index (χ1v) is 13.1. The summed E-state index contributed by atoms with van der Waals surface area (Å²) in [6.07, 6.45) is 0. The Morgan fingerprint density at radius 1 is 1.05 bits per heavy atom. The Hall–Kier alpha value is -3.84. The van der Waals surface area contributed by atoms with Crippen molar-refractivity contribution < 1.29 is 23.7 Å². The highest BCUT2D eigenvalue weighted by Gasteiger charge is 2.19. The minimum absolute atomic E-state index is 0.301. The van der Waals surface area contributed by atoms with Crippen molar-refractivity contribution >= 4 is 40.0 Å². The van der Waals surface area contributed by atoms with Gasteiger partial charge in [-0.15, -0.1) is 0 Å². The van der Waals surface area contributed by atoms with Crippen molar-refractivity contribution in [1.29, 1.82) is 0 Å². The van der Waals surface area contributed by atoms with E-state index in [1.54, 1.807) is 35.2 Å². The van der Waals surface area contributed by atoms with Gasteiger partial charge in [-0.1, -0.05) is 11.3 Å². The van der Waals surface area contributed by atoms with E-state index in [4.69, 9.17) is 23.9 Å². The molecule has 1 saturated heterocycles. The van der Waals surface area contributed by atoms with Crippen LogP contribution in [0.3, 0.4) is 0 Å². The highest BCUT2D eigenvalue weighted by molar-refractivity contribution is 7.17. The first-order chi connectivity index (χ1) is 18.4. The molecule has 0 radical (unpaired) electrons. The summed E-state index contributed by atoms with van der Waals surface area (Å²) in [5.74, 6) is 3.09.